The Morgan fingerprint density at radius 2 is 1.73 bits per heavy atom. The van der Waals surface area contributed by atoms with Gasteiger partial charge in [-0.05, 0) is 6.07 Å². The molecule has 122 valence electrons. The van der Waals surface area contributed by atoms with Crippen LogP contribution < -0.4 is 4.90 Å². The average molecular weight is 316 g/mol. The second-order valence-corrected chi connectivity index (χ2v) is 6.27. The summed E-state index contributed by atoms with van der Waals surface area (Å²) in [6.45, 7) is 7.28. The van der Waals surface area contributed by atoms with Gasteiger partial charge in [0.25, 0.3) is 0 Å². The van der Waals surface area contributed by atoms with Gasteiger partial charge in [-0.1, -0.05) is 20.8 Å². The van der Waals surface area contributed by atoms with Gasteiger partial charge in [-0.2, -0.15) is 13.2 Å². The summed E-state index contributed by atoms with van der Waals surface area (Å²) in [5.74, 6) is 0.0924. The van der Waals surface area contributed by atoms with Crippen molar-refractivity contribution < 1.29 is 18.0 Å². The lowest BCUT2D eigenvalue weighted by Gasteiger charge is -2.37. The molecule has 1 aromatic heterocycles. The molecular formula is C14H19F3N4O. The molecule has 0 aliphatic carbocycles. The zero-order valence-electron chi connectivity index (χ0n) is 12.8. The van der Waals surface area contributed by atoms with E-state index in [2.05, 4.69) is 9.97 Å². The molecule has 0 saturated carbocycles. The fourth-order valence-electron chi connectivity index (χ4n) is 2.24. The average Bonchev–Trinajstić information content (AvgIpc) is 2.45. The Labute approximate surface area is 127 Å². The zero-order valence-corrected chi connectivity index (χ0v) is 12.8. The van der Waals surface area contributed by atoms with Gasteiger partial charge in [-0.25, -0.2) is 9.97 Å². The van der Waals surface area contributed by atoms with Crippen LogP contribution in [0.4, 0.5) is 19.1 Å². The molecule has 1 aliphatic rings. The van der Waals surface area contributed by atoms with Gasteiger partial charge in [0.1, 0.15) is 5.69 Å². The highest BCUT2D eigenvalue weighted by atomic mass is 19.4. The summed E-state index contributed by atoms with van der Waals surface area (Å²) >= 11 is 0. The monoisotopic (exact) mass is 316 g/mol. The van der Waals surface area contributed by atoms with E-state index in [0.29, 0.717) is 26.2 Å². The minimum atomic E-state index is -4.48. The van der Waals surface area contributed by atoms with E-state index in [9.17, 15) is 18.0 Å². The maximum atomic E-state index is 12.7. The summed E-state index contributed by atoms with van der Waals surface area (Å²) in [6, 6.07) is 0.850. The van der Waals surface area contributed by atoms with E-state index >= 15 is 0 Å². The fourth-order valence-corrected chi connectivity index (χ4v) is 2.24. The van der Waals surface area contributed by atoms with Gasteiger partial charge in [0.15, 0.2) is 0 Å². The number of carbonyl (C=O) groups is 1. The Bertz CT molecular complexity index is 546. The number of alkyl halides is 3. The highest BCUT2D eigenvalue weighted by molar-refractivity contribution is 5.81. The molecule has 0 aromatic carbocycles. The zero-order chi connectivity index (χ0) is 16.5. The van der Waals surface area contributed by atoms with E-state index < -0.39 is 17.3 Å². The Kier molecular flexibility index (Phi) is 4.30. The van der Waals surface area contributed by atoms with Crippen LogP contribution in [0, 0.1) is 5.41 Å². The van der Waals surface area contributed by atoms with Crippen LogP contribution in [0.25, 0.3) is 0 Å². The van der Waals surface area contributed by atoms with Crippen molar-refractivity contribution in [2.24, 2.45) is 5.41 Å². The van der Waals surface area contributed by atoms with E-state index in [4.69, 9.17) is 0 Å². The quantitative estimate of drug-likeness (QED) is 0.797. The molecule has 2 rings (SSSR count). The van der Waals surface area contributed by atoms with E-state index in [-0.39, 0.29) is 11.9 Å². The number of rotatable bonds is 1. The minimum absolute atomic E-state index is 0.0390. The van der Waals surface area contributed by atoms with Gasteiger partial charge >= 0.3 is 6.18 Å². The van der Waals surface area contributed by atoms with Gasteiger partial charge in [-0.3, -0.25) is 4.79 Å². The fraction of sp³-hybridized carbons (Fsp3) is 0.643. The van der Waals surface area contributed by atoms with E-state index in [0.717, 1.165) is 12.3 Å². The lowest BCUT2D eigenvalue weighted by atomic mass is 9.94. The number of nitrogens with zero attached hydrogens (tertiary/aromatic N) is 4. The molecule has 2 heterocycles. The summed E-state index contributed by atoms with van der Waals surface area (Å²) < 4.78 is 38.0. The van der Waals surface area contributed by atoms with Crippen molar-refractivity contribution in [1.82, 2.24) is 14.9 Å². The minimum Gasteiger partial charge on any atom is -0.339 e. The molecule has 22 heavy (non-hydrogen) atoms. The van der Waals surface area contributed by atoms with Crippen molar-refractivity contribution in [3.8, 4) is 0 Å². The smallest absolute Gasteiger partial charge is 0.339 e. The largest absolute Gasteiger partial charge is 0.433 e. The van der Waals surface area contributed by atoms with Crippen LogP contribution in [-0.4, -0.2) is 47.0 Å². The van der Waals surface area contributed by atoms with Crippen LogP contribution in [0.15, 0.2) is 12.3 Å². The van der Waals surface area contributed by atoms with Crippen molar-refractivity contribution in [3.05, 3.63) is 18.0 Å². The summed E-state index contributed by atoms with van der Waals surface area (Å²) in [5.41, 5.74) is -1.42. The van der Waals surface area contributed by atoms with Gasteiger partial charge in [0, 0.05) is 37.8 Å². The molecule has 0 unspecified atom stereocenters. The number of carbonyl (C=O) groups excluding carboxylic acids is 1. The molecule has 0 spiro atoms. The first-order valence-corrected chi connectivity index (χ1v) is 7.03. The molecule has 8 heteroatoms. The number of halogens is 3. The number of hydrogen-bond donors (Lipinski definition) is 0. The highest BCUT2D eigenvalue weighted by Gasteiger charge is 2.34. The Morgan fingerprint density at radius 1 is 1.14 bits per heavy atom. The van der Waals surface area contributed by atoms with Crippen molar-refractivity contribution in [1.29, 1.82) is 0 Å². The summed E-state index contributed by atoms with van der Waals surface area (Å²) in [7, 11) is 0. The third-order valence-corrected chi connectivity index (χ3v) is 3.42. The number of amides is 1. The molecule has 1 saturated heterocycles. The molecular weight excluding hydrogens is 297 g/mol. The number of piperazine rings is 1. The van der Waals surface area contributed by atoms with Gasteiger partial charge in [-0.15, -0.1) is 0 Å². The first-order valence-electron chi connectivity index (χ1n) is 7.03. The summed E-state index contributed by atoms with van der Waals surface area (Å²) in [4.78, 5) is 23.0. The first-order chi connectivity index (χ1) is 10.1. The lowest BCUT2D eigenvalue weighted by Crippen LogP contribution is -2.52. The van der Waals surface area contributed by atoms with Crippen molar-refractivity contribution >= 4 is 11.9 Å². The third-order valence-electron chi connectivity index (χ3n) is 3.42. The lowest BCUT2D eigenvalue weighted by molar-refractivity contribution is -0.141. The van der Waals surface area contributed by atoms with Crippen LogP contribution in [0.5, 0.6) is 0 Å². The van der Waals surface area contributed by atoms with E-state index in [1.165, 1.54) is 0 Å². The van der Waals surface area contributed by atoms with Crippen LogP contribution in [0.3, 0.4) is 0 Å². The second kappa shape index (κ2) is 5.73. The topological polar surface area (TPSA) is 49.3 Å². The maximum Gasteiger partial charge on any atom is 0.433 e. The highest BCUT2D eigenvalue weighted by Crippen LogP contribution is 2.28. The molecule has 0 atom stereocenters. The van der Waals surface area contributed by atoms with Gasteiger partial charge in [0.05, 0.1) is 0 Å². The van der Waals surface area contributed by atoms with Crippen molar-refractivity contribution in [3.63, 3.8) is 0 Å². The van der Waals surface area contributed by atoms with Gasteiger partial charge in [0.2, 0.25) is 11.9 Å². The molecule has 0 N–H and O–H groups in total. The number of hydrogen-bond acceptors (Lipinski definition) is 4. The first kappa shape index (κ1) is 16.5. The normalized spacial score (nSPS) is 16.8. The molecule has 1 amide bonds. The summed E-state index contributed by atoms with van der Waals surface area (Å²) in [6.07, 6.45) is -3.38. The third kappa shape index (κ3) is 3.66. The van der Waals surface area contributed by atoms with Gasteiger partial charge < -0.3 is 9.80 Å². The van der Waals surface area contributed by atoms with Crippen LogP contribution in [-0.2, 0) is 11.0 Å². The Morgan fingerprint density at radius 3 is 2.23 bits per heavy atom. The van der Waals surface area contributed by atoms with Crippen LogP contribution >= 0.6 is 0 Å². The van der Waals surface area contributed by atoms with Crippen LogP contribution in [0.1, 0.15) is 26.5 Å². The summed E-state index contributed by atoms with van der Waals surface area (Å²) in [5, 5.41) is 0. The molecule has 1 fully saturated rings. The molecule has 0 bridgehead atoms. The molecule has 1 aromatic rings. The predicted octanol–water partition coefficient (Wildman–Crippen LogP) is 2.19. The van der Waals surface area contributed by atoms with Crippen molar-refractivity contribution in [2.75, 3.05) is 31.1 Å². The van der Waals surface area contributed by atoms with E-state index in [1.807, 2.05) is 20.8 Å². The predicted molar refractivity (Wildman–Crippen MR) is 75.3 cm³/mol. The standard InChI is InChI=1S/C14H19F3N4O/c1-13(2,3)11(22)20-6-8-21(9-7-20)12-18-5-4-10(19-12)14(15,16)17/h4-5H,6-9H2,1-3H3. The Hall–Kier alpha value is -1.86. The van der Waals surface area contributed by atoms with E-state index in [1.54, 1.807) is 9.80 Å². The van der Waals surface area contributed by atoms with Crippen molar-refractivity contribution in [2.45, 2.75) is 26.9 Å². The Balaban J connectivity index is 2.05. The molecule has 5 nitrogen and oxygen atoms in total. The maximum absolute atomic E-state index is 12.7. The molecule has 0 radical (unpaired) electrons. The number of anilines is 1. The number of aromatic nitrogens is 2. The molecule has 1 aliphatic heterocycles. The van der Waals surface area contributed by atoms with Crippen LogP contribution in [0.2, 0.25) is 0 Å². The second-order valence-electron chi connectivity index (χ2n) is 6.27. The SMILES string of the molecule is CC(C)(C)C(=O)N1CCN(c2nccc(C(F)(F)F)n2)CC1.